The lowest BCUT2D eigenvalue weighted by atomic mass is 10.1. The monoisotopic (exact) mass is 616 g/mol. The third-order valence-corrected chi connectivity index (χ3v) is 10.2. The average Bonchev–Trinajstić information content (AvgIpc) is 3.58. The van der Waals surface area contributed by atoms with Crippen molar-refractivity contribution in [2.24, 2.45) is 7.05 Å². The second kappa shape index (κ2) is 10.6. The van der Waals surface area contributed by atoms with Gasteiger partial charge in [-0.1, -0.05) is 11.8 Å². The second-order valence-electron chi connectivity index (χ2n) is 9.41. The van der Waals surface area contributed by atoms with E-state index in [2.05, 4.69) is 0 Å². The number of nitrogens with zero attached hydrogens (tertiary/aromatic N) is 4. The number of fused-ring (bicyclic) bond motifs is 1. The number of rotatable bonds is 4. The molecule has 0 bridgehead atoms. The summed E-state index contributed by atoms with van der Waals surface area (Å²) in [6, 6.07) is 3.92. The SMILES string of the molecule is C/C(C=C1Sc2cc(CO)c(C)cc2N1C)=c1\o/c(=c2/s/c(=C3/SC(=O)N(C)C3=O)n(CC(=O)O)c2=O)n(C)c1=O. The summed E-state index contributed by atoms with van der Waals surface area (Å²) in [5, 5.41) is 19.3. The molecular formula is C26H24N4O8S3. The fourth-order valence-electron chi connectivity index (χ4n) is 4.37. The normalized spacial score (nSPS) is 19.0. The summed E-state index contributed by atoms with van der Waals surface area (Å²) in [5.74, 6) is -1.98. The minimum Gasteiger partial charge on any atom is -0.480 e. The van der Waals surface area contributed by atoms with Crippen molar-refractivity contribution in [3.8, 4) is 0 Å². The van der Waals surface area contributed by atoms with Crippen LogP contribution in [0.4, 0.5) is 10.5 Å². The van der Waals surface area contributed by atoms with Crippen LogP contribution in [0.25, 0.3) is 10.5 Å². The molecule has 214 valence electrons. The van der Waals surface area contributed by atoms with E-state index in [1.165, 1.54) is 25.9 Å². The summed E-state index contributed by atoms with van der Waals surface area (Å²) in [6.07, 6.45) is 1.79. The van der Waals surface area contributed by atoms with Gasteiger partial charge in [-0.25, -0.2) is 0 Å². The van der Waals surface area contributed by atoms with Crippen LogP contribution >= 0.6 is 34.9 Å². The molecule has 0 unspecified atom stereocenters. The maximum Gasteiger partial charge on any atom is 0.323 e. The quantitative estimate of drug-likeness (QED) is 0.432. The Kier molecular flexibility index (Phi) is 7.40. The van der Waals surface area contributed by atoms with Gasteiger partial charge >= 0.3 is 5.97 Å². The molecule has 15 heteroatoms. The van der Waals surface area contributed by atoms with Crippen LogP contribution in [0, 0.1) is 17.0 Å². The Morgan fingerprint density at radius 1 is 1.05 bits per heavy atom. The highest BCUT2D eigenvalue weighted by Gasteiger charge is 2.34. The van der Waals surface area contributed by atoms with Crippen LogP contribution < -0.4 is 26.1 Å². The van der Waals surface area contributed by atoms with Crippen molar-refractivity contribution in [3.05, 3.63) is 75.2 Å². The number of oxazole rings is 1. The number of aryl methyl sites for hydroxylation is 1. The molecule has 4 heterocycles. The summed E-state index contributed by atoms with van der Waals surface area (Å²) >= 11 is 2.87. The number of thioether (sulfide) groups is 2. The topological polar surface area (TPSA) is 155 Å². The summed E-state index contributed by atoms with van der Waals surface area (Å²) in [4.78, 5) is 66.6. The first-order valence-electron chi connectivity index (χ1n) is 12.1. The number of thiazole rings is 1. The van der Waals surface area contributed by atoms with Gasteiger partial charge < -0.3 is 19.5 Å². The van der Waals surface area contributed by atoms with Crippen molar-refractivity contribution in [1.82, 2.24) is 14.0 Å². The van der Waals surface area contributed by atoms with E-state index in [4.69, 9.17) is 4.42 Å². The van der Waals surface area contributed by atoms with Gasteiger partial charge in [-0.05, 0) is 54.9 Å². The third-order valence-electron chi connectivity index (χ3n) is 6.72. The molecule has 2 amide bonds. The Morgan fingerprint density at radius 3 is 2.37 bits per heavy atom. The van der Waals surface area contributed by atoms with Crippen molar-refractivity contribution >= 4 is 68.1 Å². The molecule has 0 atom stereocenters. The summed E-state index contributed by atoms with van der Waals surface area (Å²) < 4.78 is 7.90. The molecular weight excluding hydrogens is 593 g/mol. The van der Waals surface area contributed by atoms with Crippen molar-refractivity contribution in [2.75, 3.05) is 19.0 Å². The van der Waals surface area contributed by atoms with Crippen molar-refractivity contribution in [3.63, 3.8) is 0 Å². The summed E-state index contributed by atoms with van der Waals surface area (Å²) in [6.45, 7) is 2.80. The number of aromatic nitrogens is 2. The number of imide groups is 1. The van der Waals surface area contributed by atoms with E-state index in [9.17, 15) is 34.2 Å². The average molecular weight is 617 g/mol. The Bertz CT molecular complexity index is 2050. The van der Waals surface area contributed by atoms with Crippen LogP contribution in [-0.2, 0) is 29.8 Å². The highest BCUT2D eigenvalue weighted by molar-refractivity contribution is 8.23. The Labute approximate surface area is 243 Å². The molecule has 0 radical (unpaired) electrons. The van der Waals surface area contributed by atoms with Crippen LogP contribution in [-0.4, -0.2) is 55.5 Å². The van der Waals surface area contributed by atoms with E-state index >= 15 is 0 Å². The molecule has 5 rings (SSSR count). The number of carboxylic acid groups (broad SMARTS) is 1. The lowest BCUT2D eigenvalue weighted by Gasteiger charge is -2.14. The number of benzene rings is 1. The van der Waals surface area contributed by atoms with Gasteiger partial charge in [0.1, 0.15) is 16.1 Å². The smallest absolute Gasteiger partial charge is 0.323 e. The van der Waals surface area contributed by atoms with Gasteiger partial charge in [0, 0.05) is 31.6 Å². The van der Waals surface area contributed by atoms with Crippen molar-refractivity contribution < 1.29 is 29.0 Å². The van der Waals surface area contributed by atoms with Gasteiger partial charge in [0.2, 0.25) is 5.55 Å². The third kappa shape index (κ3) is 4.77. The maximum atomic E-state index is 13.4. The zero-order chi connectivity index (χ0) is 29.9. The van der Waals surface area contributed by atoms with Gasteiger partial charge in [0.15, 0.2) is 9.95 Å². The molecule has 41 heavy (non-hydrogen) atoms. The maximum absolute atomic E-state index is 13.4. The standard InChI is InChI=1S/C26H24N4O8S3/c1-11-6-14-15(8-13(11)10-31)39-16(27(14)3)7-12(2)18-21(34)28(4)24(38-18)19-23(36)30(9-17(32)33)25(40-19)20-22(35)29(5)26(37)41-20/h6-8,31H,9-10H2,1-5H3,(H,32,33)/b16-7?,18-12+,24-19+,25-20+. The van der Waals surface area contributed by atoms with E-state index in [-0.39, 0.29) is 31.7 Å². The Balaban J connectivity index is 1.73. The number of aliphatic carboxylic acids is 1. The van der Waals surface area contributed by atoms with E-state index in [0.29, 0.717) is 17.3 Å². The fourth-order valence-corrected chi connectivity index (χ4v) is 7.73. The zero-order valence-electron chi connectivity index (χ0n) is 22.5. The number of carbonyl (C=O) groups is 3. The number of aliphatic hydroxyl groups is 1. The van der Waals surface area contributed by atoms with Gasteiger partial charge in [-0.2, -0.15) is 0 Å². The fraction of sp³-hybridized carbons (Fsp3) is 0.269. The van der Waals surface area contributed by atoms with E-state index < -0.39 is 34.8 Å². The van der Waals surface area contributed by atoms with Crippen molar-refractivity contribution in [2.45, 2.75) is 31.9 Å². The van der Waals surface area contributed by atoms with Crippen LogP contribution in [0.15, 0.2) is 42.1 Å². The predicted molar refractivity (Wildman–Crippen MR) is 155 cm³/mol. The van der Waals surface area contributed by atoms with Gasteiger partial charge in [0.25, 0.3) is 22.3 Å². The molecule has 2 aliphatic rings. The number of hydrogen-bond acceptors (Lipinski definition) is 11. The highest BCUT2D eigenvalue weighted by Crippen LogP contribution is 2.46. The number of amides is 2. The number of aliphatic hydroxyl groups excluding tert-OH is 1. The van der Waals surface area contributed by atoms with Crippen LogP contribution in [0.5, 0.6) is 0 Å². The summed E-state index contributed by atoms with van der Waals surface area (Å²) in [7, 11) is 4.61. The minimum absolute atomic E-state index is 0.00685. The highest BCUT2D eigenvalue weighted by atomic mass is 32.2. The van der Waals surface area contributed by atoms with Crippen LogP contribution in [0.3, 0.4) is 0 Å². The first-order valence-corrected chi connectivity index (χ1v) is 14.5. The molecule has 12 nitrogen and oxygen atoms in total. The largest absolute Gasteiger partial charge is 0.480 e. The molecule has 2 aliphatic heterocycles. The lowest BCUT2D eigenvalue weighted by Crippen LogP contribution is -2.32. The molecule has 2 aromatic heterocycles. The van der Waals surface area contributed by atoms with Crippen LogP contribution in [0.2, 0.25) is 0 Å². The number of carbonyl (C=O) groups excluding carboxylic acids is 2. The van der Waals surface area contributed by atoms with Gasteiger partial charge in [-0.3, -0.25) is 38.0 Å². The van der Waals surface area contributed by atoms with E-state index in [1.54, 1.807) is 13.0 Å². The molecule has 2 N–H and O–H groups in total. The molecule has 1 fully saturated rings. The molecule has 0 saturated carbocycles. The van der Waals surface area contributed by atoms with Gasteiger partial charge in [-0.15, -0.1) is 11.3 Å². The number of allylic oxidation sites excluding steroid dienone is 1. The number of hydrogen-bond donors (Lipinski definition) is 2. The molecule has 1 saturated heterocycles. The molecule has 3 aromatic rings. The summed E-state index contributed by atoms with van der Waals surface area (Å²) in [5.41, 5.74) is 1.85. The number of carboxylic acids is 1. The molecule has 1 aromatic carbocycles. The van der Waals surface area contributed by atoms with E-state index in [0.717, 1.165) is 52.1 Å². The molecule has 0 aliphatic carbocycles. The Morgan fingerprint density at radius 2 is 1.76 bits per heavy atom. The van der Waals surface area contributed by atoms with Crippen LogP contribution in [0.1, 0.15) is 18.1 Å². The number of anilines is 1. The van der Waals surface area contributed by atoms with Gasteiger partial charge in [0.05, 0.1) is 17.3 Å². The first kappa shape index (κ1) is 28.7. The first-order chi connectivity index (χ1) is 19.3. The van der Waals surface area contributed by atoms with Crippen molar-refractivity contribution in [1.29, 1.82) is 0 Å². The Hall–Kier alpha value is -3.79. The zero-order valence-corrected chi connectivity index (χ0v) is 25.0. The molecule has 0 spiro atoms. The van der Waals surface area contributed by atoms with E-state index in [1.807, 2.05) is 31.0 Å². The second-order valence-corrected chi connectivity index (χ2v) is 12.4. The minimum atomic E-state index is -1.32. The lowest BCUT2D eigenvalue weighted by molar-refractivity contribution is -0.137. The predicted octanol–water partition coefficient (Wildman–Crippen LogP) is 1.06.